The standard InChI is InChI=1S/C23H30N6O3/c1-4-27-10-12-28(13-11-27)20(30)18-14-19-21(31)26(3)23(2,16-29(19)25-18)22(32)24-15-17-8-6-5-7-9-17/h5-9,14H,4,10-13,15-16H2,1-3H3,(H,24,32)/t23-/m0/s1. The third-order valence-corrected chi connectivity index (χ3v) is 6.61. The number of likely N-dealkylation sites (N-methyl/N-ethyl adjacent to an activating group) is 2. The molecule has 2 aliphatic heterocycles. The van der Waals surface area contributed by atoms with Gasteiger partial charge in [-0.25, -0.2) is 0 Å². The first-order valence-electron chi connectivity index (χ1n) is 11.0. The van der Waals surface area contributed by atoms with Gasteiger partial charge in [-0.2, -0.15) is 5.10 Å². The Morgan fingerprint density at radius 3 is 2.47 bits per heavy atom. The Kier molecular flexibility index (Phi) is 6.01. The van der Waals surface area contributed by atoms with E-state index in [9.17, 15) is 14.4 Å². The Hall–Kier alpha value is -3.20. The van der Waals surface area contributed by atoms with Crippen molar-refractivity contribution in [3.63, 3.8) is 0 Å². The van der Waals surface area contributed by atoms with E-state index in [2.05, 4.69) is 22.2 Å². The minimum Gasteiger partial charge on any atom is -0.350 e. The second-order valence-electron chi connectivity index (χ2n) is 8.61. The summed E-state index contributed by atoms with van der Waals surface area (Å²) in [6.45, 7) is 8.29. The molecule has 3 heterocycles. The summed E-state index contributed by atoms with van der Waals surface area (Å²) in [7, 11) is 1.62. The molecule has 170 valence electrons. The summed E-state index contributed by atoms with van der Waals surface area (Å²) >= 11 is 0. The number of amides is 3. The fraction of sp³-hybridized carbons (Fsp3) is 0.478. The fourth-order valence-corrected chi connectivity index (χ4v) is 4.23. The highest BCUT2D eigenvalue weighted by molar-refractivity contribution is 6.01. The number of hydrogen-bond donors (Lipinski definition) is 1. The van der Waals surface area contributed by atoms with E-state index in [4.69, 9.17) is 0 Å². The Labute approximate surface area is 188 Å². The van der Waals surface area contributed by atoms with Crippen molar-refractivity contribution in [2.45, 2.75) is 32.5 Å². The van der Waals surface area contributed by atoms with Crippen LogP contribution in [-0.4, -0.2) is 87.5 Å². The minimum atomic E-state index is -1.11. The Bertz CT molecular complexity index is 1010. The van der Waals surface area contributed by atoms with Gasteiger partial charge in [-0.1, -0.05) is 37.3 Å². The zero-order chi connectivity index (χ0) is 22.9. The summed E-state index contributed by atoms with van der Waals surface area (Å²) in [5.74, 6) is -0.758. The van der Waals surface area contributed by atoms with Gasteiger partial charge in [0, 0.05) is 45.8 Å². The van der Waals surface area contributed by atoms with Crippen molar-refractivity contribution in [3.05, 3.63) is 53.3 Å². The van der Waals surface area contributed by atoms with Crippen molar-refractivity contribution in [3.8, 4) is 0 Å². The molecule has 2 aromatic rings. The lowest BCUT2D eigenvalue weighted by Crippen LogP contribution is -2.62. The van der Waals surface area contributed by atoms with E-state index in [1.54, 1.807) is 24.9 Å². The van der Waals surface area contributed by atoms with E-state index < -0.39 is 5.54 Å². The van der Waals surface area contributed by atoms with Gasteiger partial charge in [0.15, 0.2) is 5.69 Å². The average Bonchev–Trinajstić information content (AvgIpc) is 3.25. The summed E-state index contributed by atoms with van der Waals surface area (Å²) in [5.41, 5.74) is 0.444. The molecule has 1 saturated heterocycles. The maximum absolute atomic E-state index is 13.1. The summed E-state index contributed by atoms with van der Waals surface area (Å²) in [6.07, 6.45) is 0. The highest BCUT2D eigenvalue weighted by atomic mass is 16.2. The Morgan fingerprint density at radius 2 is 1.81 bits per heavy atom. The molecule has 1 N–H and O–H groups in total. The van der Waals surface area contributed by atoms with Crippen molar-refractivity contribution < 1.29 is 14.4 Å². The summed E-state index contributed by atoms with van der Waals surface area (Å²) in [4.78, 5) is 44.6. The Balaban J connectivity index is 1.49. The number of rotatable bonds is 5. The molecule has 1 atom stereocenters. The van der Waals surface area contributed by atoms with Gasteiger partial charge in [0.05, 0.1) is 6.54 Å². The van der Waals surface area contributed by atoms with Crippen LogP contribution >= 0.6 is 0 Å². The maximum atomic E-state index is 13.1. The molecular weight excluding hydrogens is 408 g/mol. The third kappa shape index (κ3) is 4.00. The zero-order valence-corrected chi connectivity index (χ0v) is 18.9. The Morgan fingerprint density at radius 1 is 1.12 bits per heavy atom. The quantitative estimate of drug-likeness (QED) is 0.747. The van der Waals surface area contributed by atoms with Crippen molar-refractivity contribution in [2.24, 2.45) is 0 Å². The maximum Gasteiger partial charge on any atom is 0.274 e. The topological polar surface area (TPSA) is 90.8 Å². The molecule has 9 nitrogen and oxygen atoms in total. The van der Waals surface area contributed by atoms with E-state index in [1.165, 1.54) is 9.58 Å². The van der Waals surface area contributed by atoms with Gasteiger partial charge < -0.3 is 20.0 Å². The number of nitrogens with zero attached hydrogens (tertiary/aromatic N) is 5. The van der Waals surface area contributed by atoms with Crippen molar-refractivity contribution in [2.75, 3.05) is 39.8 Å². The highest BCUT2D eigenvalue weighted by Crippen LogP contribution is 2.26. The minimum absolute atomic E-state index is 0.173. The van der Waals surface area contributed by atoms with Gasteiger partial charge in [0.25, 0.3) is 11.8 Å². The van der Waals surface area contributed by atoms with Gasteiger partial charge in [-0.3, -0.25) is 19.1 Å². The first-order valence-corrected chi connectivity index (χ1v) is 11.0. The summed E-state index contributed by atoms with van der Waals surface area (Å²) in [5, 5.41) is 7.36. The average molecular weight is 439 g/mol. The summed E-state index contributed by atoms with van der Waals surface area (Å²) in [6, 6.07) is 11.2. The van der Waals surface area contributed by atoms with Gasteiger partial charge in [0.1, 0.15) is 11.2 Å². The summed E-state index contributed by atoms with van der Waals surface area (Å²) < 4.78 is 1.50. The molecule has 0 unspecified atom stereocenters. The molecule has 0 aliphatic carbocycles. The predicted molar refractivity (Wildman–Crippen MR) is 119 cm³/mol. The fourth-order valence-electron chi connectivity index (χ4n) is 4.23. The number of nitrogens with one attached hydrogen (secondary N) is 1. The first kappa shape index (κ1) is 22.0. The number of carbonyl (C=O) groups is 3. The smallest absolute Gasteiger partial charge is 0.274 e. The van der Waals surface area contributed by atoms with Crippen LogP contribution in [0.3, 0.4) is 0 Å². The van der Waals surface area contributed by atoms with E-state index in [-0.39, 0.29) is 30.0 Å². The van der Waals surface area contributed by atoms with Crippen LogP contribution in [0.15, 0.2) is 36.4 Å². The lowest BCUT2D eigenvalue weighted by atomic mass is 9.96. The lowest BCUT2D eigenvalue weighted by molar-refractivity contribution is -0.132. The molecule has 0 spiro atoms. The van der Waals surface area contributed by atoms with Crippen LogP contribution in [0.1, 0.15) is 40.4 Å². The second kappa shape index (κ2) is 8.74. The van der Waals surface area contributed by atoms with Crippen LogP contribution in [-0.2, 0) is 17.9 Å². The highest BCUT2D eigenvalue weighted by Gasteiger charge is 2.46. The van der Waals surface area contributed by atoms with Gasteiger partial charge in [-0.05, 0) is 19.0 Å². The molecule has 4 rings (SSSR count). The molecular formula is C23H30N6O3. The molecule has 0 saturated carbocycles. The van der Waals surface area contributed by atoms with Crippen molar-refractivity contribution in [1.29, 1.82) is 0 Å². The number of piperazine rings is 1. The number of carbonyl (C=O) groups excluding carboxylic acids is 3. The van der Waals surface area contributed by atoms with Gasteiger partial charge >= 0.3 is 0 Å². The van der Waals surface area contributed by atoms with Crippen LogP contribution in [0.4, 0.5) is 0 Å². The number of benzene rings is 1. The normalized spacial score (nSPS) is 21.4. The first-order chi connectivity index (χ1) is 15.3. The molecule has 1 aromatic carbocycles. The number of fused-ring (bicyclic) bond motifs is 1. The molecule has 1 aromatic heterocycles. The third-order valence-electron chi connectivity index (χ3n) is 6.61. The molecule has 2 aliphatic rings. The van der Waals surface area contributed by atoms with Gasteiger partial charge in [-0.15, -0.1) is 0 Å². The van der Waals surface area contributed by atoms with E-state index in [1.807, 2.05) is 30.3 Å². The second-order valence-corrected chi connectivity index (χ2v) is 8.61. The van der Waals surface area contributed by atoms with Gasteiger partial charge in [0.2, 0.25) is 5.91 Å². The SMILES string of the molecule is CCN1CCN(C(=O)c2cc3n(n2)C[C@@](C)(C(=O)NCc2ccccc2)N(C)C3=O)CC1. The molecule has 0 radical (unpaired) electrons. The van der Waals surface area contributed by atoms with Crippen LogP contribution in [0, 0.1) is 0 Å². The lowest BCUT2D eigenvalue weighted by Gasteiger charge is -2.40. The van der Waals surface area contributed by atoms with E-state index in [0.717, 1.165) is 25.2 Å². The predicted octanol–water partition coefficient (Wildman–Crippen LogP) is 0.822. The largest absolute Gasteiger partial charge is 0.350 e. The van der Waals surface area contributed by atoms with E-state index in [0.29, 0.717) is 25.3 Å². The van der Waals surface area contributed by atoms with Crippen LogP contribution in [0.5, 0.6) is 0 Å². The molecule has 9 heteroatoms. The van der Waals surface area contributed by atoms with Crippen molar-refractivity contribution in [1.82, 2.24) is 29.8 Å². The van der Waals surface area contributed by atoms with Crippen LogP contribution in [0.2, 0.25) is 0 Å². The molecule has 3 amide bonds. The van der Waals surface area contributed by atoms with Crippen LogP contribution < -0.4 is 5.32 Å². The monoisotopic (exact) mass is 438 g/mol. The van der Waals surface area contributed by atoms with E-state index >= 15 is 0 Å². The molecule has 32 heavy (non-hydrogen) atoms. The van der Waals surface area contributed by atoms with Crippen molar-refractivity contribution >= 4 is 17.7 Å². The zero-order valence-electron chi connectivity index (χ0n) is 18.9. The number of hydrogen-bond acceptors (Lipinski definition) is 5. The molecule has 1 fully saturated rings. The molecule has 0 bridgehead atoms. The number of aromatic nitrogens is 2. The van der Waals surface area contributed by atoms with Crippen LogP contribution in [0.25, 0.3) is 0 Å².